The number of anilines is 1. The van der Waals surface area contributed by atoms with Gasteiger partial charge in [-0.1, -0.05) is 17.7 Å². The number of rotatable bonds is 3. The van der Waals surface area contributed by atoms with Crippen LogP contribution in [0.4, 0.5) is 5.69 Å². The molecule has 0 aliphatic carbocycles. The number of hydrogen-bond donors (Lipinski definition) is 1. The molecular formula is C15H11ClN4. The van der Waals surface area contributed by atoms with Crippen molar-refractivity contribution in [3.05, 3.63) is 64.9 Å². The largest absolute Gasteiger partial charge is 0.381 e. The Labute approximate surface area is 121 Å². The number of hydrogen-bond acceptors (Lipinski definition) is 3. The van der Waals surface area contributed by atoms with Gasteiger partial charge in [0.15, 0.2) is 0 Å². The normalized spacial score (nSPS) is 10.4. The highest BCUT2D eigenvalue weighted by Crippen LogP contribution is 2.20. The lowest BCUT2D eigenvalue weighted by atomic mass is 10.2. The molecule has 98 valence electrons. The van der Waals surface area contributed by atoms with Gasteiger partial charge in [0.2, 0.25) is 0 Å². The summed E-state index contributed by atoms with van der Waals surface area (Å²) >= 11 is 5.91. The summed E-state index contributed by atoms with van der Waals surface area (Å²) in [5, 5.41) is 17.0. The van der Waals surface area contributed by atoms with Crippen LogP contribution in [0.3, 0.4) is 0 Å². The van der Waals surface area contributed by atoms with Gasteiger partial charge in [-0.3, -0.25) is 0 Å². The molecule has 3 aromatic rings. The standard InChI is InChI=1S/C15H11ClN4/c16-14-5-4-13(7-11(14)8-17)18-9-12-10-19-20-6-2-1-3-15(12)20/h1-7,10,18H,9H2. The fourth-order valence-corrected chi connectivity index (χ4v) is 2.20. The highest BCUT2D eigenvalue weighted by atomic mass is 35.5. The number of benzene rings is 1. The second-order valence-electron chi connectivity index (χ2n) is 4.36. The lowest BCUT2D eigenvalue weighted by molar-refractivity contribution is 0.961. The molecular weight excluding hydrogens is 272 g/mol. The van der Waals surface area contributed by atoms with Crippen molar-refractivity contribution in [2.75, 3.05) is 5.32 Å². The Morgan fingerprint density at radius 1 is 1.30 bits per heavy atom. The number of nitrogens with one attached hydrogen (secondary N) is 1. The molecule has 20 heavy (non-hydrogen) atoms. The van der Waals surface area contributed by atoms with Gasteiger partial charge in [0, 0.05) is 24.0 Å². The molecule has 0 bridgehead atoms. The molecule has 0 aliphatic rings. The van der Waals surface area contributed by atoms with Crippen LogP contribution in [-0.4, -0.2) is 9.61 Å². The average Bonchev–Trinajstić information content (AvgIpc) is 2.90. The first-order valence-corrected chi connectivity index (χ1v) is 6.50. The average molecular weight is 283 g/mol. The number of nitrogens with zero attached hydrogens (tertiary/aromatic N) is 3. The smallest absolute Gasteiger partial charge is 0.101 e. The van der Waals surface area contributed by atoms with Gasteiger partial charge in [-0.2, -0.15) is 10.4 Å². The lowest BCUT2D eigenvalue weighted by Crippen LogP contribution is -1.99. The highest BCUT2D eigenvalue weighted by Gasteiger charge is 2.04. The SMILES string of the molecule is N#Cc1cc(NCc2cnn3ccccc23)ccc1Cl. The van der Waals surface area contributed by atoms with Crippen molar-refractivity contribution in [3.63, 3.8) is 0 Å². The summed E-state index contributed by atoms with van der Waals surface area (Å²) in [6, 6.07) is 13.3. The maximum atomic E-state index is 8.96. The Morgan fingerprint density at radius 3 is 3.05 bits per heavy atom. The van der Waals surface area contributed by atoms with Crippen LogP contribution in [-0.2, 0) is 6.54 Å². The van der Waals surface area contributed by atoms with Crippen LogP contribution in [0.15, 0.2) is 48.8 Å². The van der Waals surface area contributed by atoms with E-state index in [2.05, 4.69) is 16.5 Å². The predicted molar refractivity (Wildman–Crippen MR) is 78.7 cm³/mol. The molecule has 0 saturated heterocycles. The fourth-order valence-electron chi connectivity index (χ4n) is 2.04. The molecule has 0 atom stereocenters. The molecule has 2 aromatic heterocycles. The van der Waals surface area contributed by atoms with Crippen molar-refractivity contribution in [1.82, 2.24) is 9.61 Å². The fraction of sp³-hybridized carbons (Fsp3) is 0.0667. The van der Waals surface area contributed by atoms with E-state index in [-0.39, 0.29) is 0 Å². The van der Waals surface area contributed by atoms with Crippen LogP contribution < -0.4 is 5.32 Å². The third kappa shape index (κ3) is 2.31. The molecule has 0 amide bonds. The van der Waals surface area contributed by atoms with Crippen molar-refractivity contribution in [2.24, 2.45) is 0 Å². The summed E-state index contributed by atoms with van der Waals surface area (Å²) < 4.78 is 1.83. The van der Waals surface area contributed by atoms with E-state index in [0.717, 1.165) is 16.8 Å². The molecule has 5 heteroatoms. The van der Waals surface area contributed by atoms with E-state index in [1.165, 1.54) is 0 Å². The third-order valence-corrected chi connectivity index (χ3v) is 3.41. The van der Waals surface area contributed by atoms with Crippen molar-refractivity contribution in [1.29, 1.82) is 5.26 Å². The lowest BCUT2D eigenvalue weighted by Gasteiger charge is -2.06. The molecule has 0 radical (unpaired) electrons. The van der Waals surface area contributed by atoms with Crippen molar-refractivity contribution < 1.29 is 0 Å². The zero-order valence-corrected chi connectivity index (χ0v) is 11.3. The molecule has 1 aromatic carbocycles. The molecule has 0 spiro atoms. The molecule has 1 N–H and O–H groups in total. The maximum absolute atomic E-state index is 8.96. The van der Waals surface area contributed by atoms with Gasteiger partial charge in [-0.25, -0.2) is 4.52 Å². The van der Waals surface area contributed by atoms with Gasteiger partial charge in [0.25, 0.3) is 0 Å². The molecule has 3 rings (SSSR count). The topological polar surface area (TPSA) is 53.1 Å². The van der Waals surface area contributed by atoms with Gasteiger partial charge in [0.05, 0.1) is 22.3 Å². The molecule has 0 fully saturated rings. The van der Waals surface area contributed by atoms with Crippen LogP contribution in [0.5, 0.6) is 0 Å². The summed E-state index contributed by atoms with van der Waals surface area (Å²) in [7, 11) is 0. The second-order valence-corrected chi connectivity index (χ2v) is 4.77. The van der Waals surface area contributed by atoms with Crippen LogP contribution in [0.2, 0.25) is 5.02 Å². The first-order chi connectivity index (χ1) is 9.78. The van der Waals surface area contributed by atoms with Crippen LogP contribution in [0.25, 0.3) is 5.52 Å². The quantitative estimate of drug-likeness (QED) is 0.800. The second kappa shape index (κ2) is 5.24. The molecule has 2 heterocycles. The molecule has 0 unspecified atom stereocenters. The van der Waals surface area contributed by atoms with Crippen LogP contribution >= 0.6 is 11.6 Å². The first kappa shape index (κ1) is 12.5. The summed E-state index contributed by atoms with van der Waals surface area (Å²) in [6.07, 6.45) is 3.75. The van der Waals surface area contributed by atoms with E-state index in [1.54, 1.807) is 12.1 Å². The Kier molecular flexibility index (Phi) is 3.28. The van der Waals surface area contributed by atoms with E-state index in [1.807, 2.05) is 41.2 Å². The van der Waals surface area contributed by atoms with E-state index >= 15 is 0 Å². The van der Waals surface area contributed by atoms with Gasteiger partial charge in [-0.05, 0) is 30.3 Å². The van der Waals surface area contributed by atoms with Crippen LogP contribution in [0, 0.1) is 11.3 Å². The maximum Gasteiger partial charge on any atom is 0.101 e. The van der Waals surface area contributed by atoms with E-state index < -0.39 is 0 Å². The van der Waals surface area contributed by atoms with E-state index in [0.29, 0.717) is 17.1 Å². The van der Waals surface area contributed by atoms with Gasteiger partial charge < -0.3 is 5.32 Å². The first-order valence-electron chi connectivity index (χ1n) is 6.13. The summed E-state index contributed by atoms with van der Waals surface area (Å²) in [4.78, 5) is 0. The Hall–Kier alpha value is -2.51. The minimum Gasteiger partial charge on any atom is -0.381 e. The number of halogens is 1. The Balaban J connectivity index is 1.81. The van der Waals surface area contributed by atoms with Crippen molar-refractivity contribution in [3.8, 4) is 6.07 Å². The Bertz CT molecular complexity index is 801. The van der Waals surface area contributed by atoms with Gasteiger partial charge in [-0.15, -0.1) is 0 Å². The molecule has 0 saturated carbocycles. The van der Waals surface area contributed by atoms with Crippen molar-refractivity contribution in [2.45, 2.75) is 6.54 Å². The number of fused-ring (bicyclic) bond motifs is 1. The van der Waals surface area contributed by atoms with E-state index in [4.69, 9.17) is 16.9 Å². The number of aromatic nitrogens is 2. The van der Waals surface area contributed by atoms with Crippen molar-refractivity contribution >= 4 is 22.8 Å². The Morgan fingerprint density at radius 2 is 2.20 bits per heavy atom. The molecule has 4 nitrogen and oxygen atoms in total. The third-order valence-electron chi connectivity index (χ3n) is 3.08. The summed E-state index contributed by atoms with van der Waals surface area (Å²) in [6.45, 7) is 0.639. The highest BCUT2D eigenvalue weighted by molar-refractivity contribution is 6.31. The summed E-state index contributed by atoms with van der Waals surface area (Å²) in [5.41, 5.74) is 3.49. The molecule has 0 aliphatic heterocycles. The predicted octanol–water partition coefficient (Wildman–Crippen LogP) is 3.47. The monoisotopic (exact) mass is 282 g/mol. The zero-order valence-electron chi connectivity index (χ0n) is 10.5. The zero-order chi connectivity index (χ0) is 13.9. The number of nitriles is 1. The van der Waals surface area contributed by atoms with Crippen LogP contribution in [0.1, 0.15) is 11.1 Å². The van der Waals surface area contributed by atoms with Gasteiger partial charge in [0.1, 0.15) is 6.07 Å². The van der Waals surface area contributed by atoms with E-state index in [9.17, 15) is 0 Å². The van der Waals surface area contributed by atoms with Gasteiger partial charge >= 0.3 is 0 Å². The minimum atomic E-state index is 0.467. The minimum absolute atomic E-state index is 0.467. The number of pyridine rings is 1. The summed E-state index contributed by atoms with van der Waals surface area (Å²) in [5.74, 6) is 0.